The average Bonchev–Trinajstić information content (AvgIpc) is 2.51. The van der Waals surface area contributed by atoms with E-state index in [9.17, 15) is 13.2 Å². The summed E-state index contributed by atoms with van der Waals surface area (Å²) in [6.07, 6.45) is -1.93. The maximum atomic E-state index is 12.5. The van der Waals surface area contributed by atoms with Crippen molar-refractivity contribution >= 4 is 11.8 Å². The highest BCUT2D eigenvalue weighted by Crippen LogP contribution is 2.27. The van der Waals surface area contributed by atoms with Crippen molar-refractivity contribution in [1.82, 2.24) is 15.0 Å². The van der Waals surface area contributed by atoms with Crippen LogP contribution in [0.3, 0.4) is 0 Å². The van der Waals surface area contributed by atoms with Gasteiger partial charge in [-0.15, -0.1) is 0 Å². The molecule has 2 rings (SSSR count). The molecule has 114 valence electrons. The Labute approximate surface area is 124 Å². The first kappa shape index (κ1) is 15.5. The van der Waals surface area contributed by atoms with Crippen molar-refractivity contribution in [2.45, 2.75) is 6.18 Å². The summed E-state index contributed by atoms with van der Waals surface area (Å²) in [5.41, 5.74) is -0.618. The predicted octanol–water partition coefficient (Wildman–Crippen LogP) is 2.29. The summed E-state index contributed by atoms with van der Waals surface area (Å²) in [4.78, 5) is 11.1. The fourth-order valence-corrected chi connectivity index (χ4v) is 1.59. The summed E-state index contributed by atoms with van der Waals surface area (Å²) in [5, 5.41) is 14.5. The van der Waals surface area contributed by atoms with Crippen LogP contribution in [-0.4, -0.2) is 28.0 Å². The summed E-state index contributed by atoms with van der Waals surface area (Å²) in [5.74, 6) is 0.301. The van der Waals surface area contributed by atoms with Crippen LogP contribution in [0.2, 0.25) is 0 Å². The third-order valence-corrected chi connectivity index (χ3v) is 2.57. The molecule has 2 aromatic heterocycles. The van der Waals surface area contributed by atoms with Crippen molar-refractivity contribution in [2.24, 2.45) is 0 Å². The zero-order chi connectivity index (χ0) is 16.0. The zero-order valence-corrected chi connectivity index (χ0v) is 11.2. The van der Waals surface area contributed by atoms with Crippen LogP contribution < -0.4 is 10.6 Å². The van der Waals surface area contributed by atoms with Gasteiger partial charge in [-0.3, -0.25) is 0 Å². The predicted molar refractivity (Wildman–Crippen MR) is 73.0 cm³/mol. The monoisotopic (exact) mass is 308 g/mol. The lowest BCUT2D eigenvalue weighted by Crippen LogP contribution is -2.17. The molecule has 2 heterocycles. The Bertz CT molecular complexity index is 680. The van der Waals surface area contributed by atoms with E-state index < -0.39 is 11.9 Å². The van der Waals surface area contributed by atoms with E-state index in [1.165, 1.54) is 6.20 Å². The van der Waals surface area contributed by atoms with E-state index in [0.717, 1.165) is 12.3 Å². The Morgan fingerprint density at radius 3 is 2.59 bits per heavy atom. The molecule has 0 radical (unpaired) electrons. The molecule has 0 aromatic carbocycles. The quantitative estimate of drug-likeness (QED) is 0.824. The Balaban J connectivity index is 1.88. The number of aromatic nitrogens is 3. The summed E-state index contributed by atoms with van der Waals surface area (Å²) in [7, 11) is 0. The Morgan fingerprint density at radius 2 is 1.86 bits per heavy atom. The first-order valence-corrected chi connectivity index (χ1v) is 6.24. The zero-order valence-electron chi connectivity index (χ0n) is 11.2. The molecular formula is C13H11F3N6. The van der Waals surface area contributed by atoms with Gasteiger partial charge in [0.05, 0.1) is 5.56 Å². The molecule has 0 spiro atoms. The van der Waals surface area contributed by atoms with Gasteiger partial charge in [0.1, 0.15) is 17.6 Å². The smallest absolute Gasteiger partial charge is 0.367 e. The van der Waals surface area contributed by atoms with Crippen LogP contribution in [-0.2, 0) is 6.18 Å². The van der Waals surface area contributed by atoms with Crippen LogP contribution in [0.5, 0.6) is 0 Å². The molecule has 0 aliphatic rings. The first-order chi connectivity index (χ1) is 10.5. The van der Waals surface area contributed by atoms with Gasteiger partial charge in [-0.2, -0.15) is 18.4 Å². The minimum atomic E-state index is -4.51. The van der Waals surface area contributed by atoms with E-state index in [0.29, 0.717) is 17.9 Å². The van der Waals surface area contributed by atoms with E-state index >= 15 is 0 Å². The molecule has 0 aliphatic carbocycles. The molecule has 2 N–H and O–H groups in total. The molecule has 0 amide bonds. The Morgan fingerprint density at radius 1 is 1.09 bits per heavy atom. The van der Waals surface area contributed by atoms with Gasteiger partial charge < -0.3 is 10.6 Å². The minimum absolute atomic E-state index is 0.113. The number of rotatable bonds is 5. The molecule has 0 saturated carbocycles. The number of nitriles is 1. The third-order valence-electron chi connectivity index (χ3n) is 2.57. The fraction of sp³-hybridized carbons (Fsp3) is 0.231. The van der Waals surface area contributed by atoms with Crippen LogP contribution >= 0.6 is 0 Å². The Hall–Kier alpha value is -2.89. The molecule has 0 saturated heterocycles. The van der Waals surface area contributed by atoms with Crippen LogP contribution in [0, 0.1) is 11.3 Å². The summed E-state index contributed by atoms with van der Waals surface area (Å²) in [6, 6.07) is 6.03. The van der Waals surface area contributed by atoms with Crippen molar-refractivity contribution in [3.63, 3.8) is 0 Å². The van der Waals surface area contributed by atoms with Crippen molar-refractivity contribution in [3.8, 4) is 6.07 Å². The number of nitrogens with one attached hydrogen (secondary N) is 2. The van der Waals surface area contributed by atoms with Crippen LogP contribution in [0.15, 0.2) is 30.6 Å². The number of anilines is 2. The molecule has 6 nitrogen and oxygen atoms in total. The molecule has 0 aliphatic heterocycles. The van der Waals surface area contributed by atoms with E-state index in [-0.39, 0.29) is 12.5 Å². The number of alkyl halides is 3. The van der Waals surface area contributed by atoms with E-state index in [2.05, 4.69) is 25.6 Å². The molecule has 0 fully saturated rings. The van der Waals surface area contributed by atoms with Gasteiger partial charge in [-0.25, -0.2) is 15.0 Å². The lowest BCUT2D eigenvalue weighted by Gasteiger charge is -2.09. The topological polar surface area (TPSA) is 86.5 Å². The van der Waals surface area contributed by atoms with Gasteiger partial charge in [0.25, 0.3) is 0 Å². The maximum absolute atomic E-state index is 12.5. The van der Waals surface area contributed by atoms with Gasteiger partial charge in [-0.05, 0) is 18.2 Å². The second-order valence-electron chi connectivity index (χ2n) is 4.13. The summed E-state index contributed by atoms with van der Waals surface area (Å²) in [6.45, 7) is 0.605. The van der Waals surface area contributed by atoms with E-state index in [4.69, 9.17) is 5.26 Å². The standard InChI is InChI=1S/C13H11F3N6/c14-13(15,16)10-3-5-20-12(22-10)21-7-6-19-11-9(8-17)2-1-4-18-11/h1-5H,6-7H2,(H,18,19)(H,20,21,22). The number of halogens is 3. The first-order valence-electron chi connectivity index (χ1n) is 6.24. The van der Waals surface area contributed by atoms with E-state index in [1.54, 1.807) is 12.1 Å². The third kappa shape index (κ3) is 4.05. The summed E-state index contributed by atoms with van der Waals surface area (Å²) >= 11 is 0. The van der Waals surface area contributed by atoms with Crippen molar-refractivity contribution in [3.05, 3.63) is 41.9 Å². The molecule has 0 atom stereocenters. The molecule has 2 aromatic rings. The highest BCUT2D eigenvalue weighted by atomic mass is 19.4. The van der Waals surface area contributed by atoms with Gasteiger partial charge in [0, 0.05) is 25.5 Å². The van der Waals surface area contributed by atoms with Crippen LogP contribution in [0.1, 0.15) is 11.3 Å². The number of pyridine rings is 1. The fourth-order valence-electron chi connectivity index (χ4n) is 1.59. The number of nitrogens with zero attached hydrogens (tertiary/aromatic N) is 4. The maximum Gasteiger partial charge on any atom is 0.433 e. The molecule has 9 heteroatoms. The minimum Gasteiger partial charge on any atom is -0.367 e. The lowest BCUT2D eigenvalue weighted by atomic mass is 10.3. The highest BCUT2D eigenvalue weighted by Gasteiger charge is 2.32. The van der Waals surface area contributed by atoms with Gasteiger partial charge in [-0.1, -0.05) is 0 Å². The van der Waals surface area contributed by atoms with Gasteiger partial charge >= 0.3 is 6.18 Å². The van der Waals surface area contributed by atoms with Gasteiger partial charge in [0.15, 0.2) is 0 Å². The SMILES string of the molecule is N#Cc1cccnc1NCCNc1nccc(C(F)(F)F)n1. The molecule has 0 bridgehead atoms. The Kier molecular flexibility index (Phi) is 4.73. The highest BCUT2D eigenvalue weighted by molar-refractivity contribution is 5.51. The lowest BCUT2D eigenvalue weighted by molar-refractivity contribution is -0.141. The van der Waals surface area contributed by atoms with Crippen LogP contribution in [0.25, 0.3) is 0 Å². The largest absolute Gasteiger partial charge is 0.433 e. The molecular weight excluding hydrogens is 297 g/mol. The second kappa shape index (κ2) is 6.71. The second-order valence-corrected chi connectivity index (χ2v) is 4.13. The number of hydrogen-bond donors (Lipinski definition) is 2. The van der Waals surface area contributed by atoms with Gasteiger partial charge in [0.2, 0.25) is 5.95 Å². The molecule has 22 heavy (non-hydrogen) atoms. The normalized spacial score (nSPS) is 10.8. The van der Waals surface area contributed by atoms with Crippen molar-refractivity contribution in [1.29, 1.82) is 5.26 Å². The van der Waals surface area contributed by atoms with Crippen molar-refractivity contribution in [2.75, 3.05) is 23.7 Å². The molecule has 0 unspecified atom stereocenters. The summed E-state index contributed by atoms with van der Waals surface area (Å²) < 4.78 is 37.5. The van der Waals surface area contributed by atoms with Crippen LogP contribution in [0.4, 0.5) is 24.9 Å². The average molecular weight is 308 g/mol. The van der Waals surface area contributed by atoms with Crippen molar-refractivity contribution < 1.29 is 13.2 Å². The number of hydrogen-bond acceptors (Lipinski definition) is 6. The van der Waals surface area contributed by atoms with E-state index in [1.807, 2.05) is 6.07 Å².